The molecule has 1 unspecified atom stereocenters. The third-order valence-corrected chi connectivity index (χ3v) is 5.15. The van der Waals surface area contributed by atoms with Crippen LogP contribution in [0.5, 0.6) is 0 Å². The van der Waals surface area contributed by atoms with Crippen LogP contribution in [0.1, 0.15) is 53.6 Å². The van der Waals surface area contributed by atoms with Crippen molar-refractivity contribution < 1.29 is 19.8 Å². The van der Waals surface area contributed by atoms with Crippen LogP contribution in [0.25, 0.3) is 0 Å². The molecule has 0 heterocycles. The lowest BCUT2D eigenvalue weighted by atomic mass is 9.85. The average molecular weight is 391 g/mol. The number of nitrogens with one attached hydrogen (secondary N) is 1. The number of carboxylic acids is 1. The Labute approximate surface area is 170 Å². The summed E-state index contributed by atoms with van der Waals surface area (Å²) >= 11 is 0. The molecule has 150 valence electrons. The second kappa shape index (κ2) is 9.40. The van der Waals surface area contributed by atoms with Crippen molar-refractivity contribution in [1.82, 2.24) is 5.32 Å². The van der Waals surface area contributed by atoms with Gasteiger partial charge < -0.3 is 15.5 Å². The molecule has 1 amide bonds. The minimum absolute atomic E-state index is 0.212. The SMILES string of the molecule is O=C(NC(Cc1ccccc1)C(=O)O)c1ccc(C#CC2(O)CCCCC2)cc1. The third-order valence-electron chi connectivity index (χ3n) is 5.15. The van der Waals surface area contributed by atoms with E-state index < -0.39 is 23.5 Å². The quantitative estimate of drug-likeness (QED) is 0.684. The fraction of sp³-hybridized carbons (Fsp3) is 0.333. The Morgan fingerprint density at radius 2 is 1.66 bits per heavy atom. The summed E-state index contributed by atoms with van der Waals surface area (Å²) in [7, 11) is 0. The van der Waals surface area contributed by atoms with Crippen molar-refractivity contribution in [2.75, 3.05) is 0 Å². The van der Waals surface area contributed by atoms with E-state index in [-0.39, 0.29) is 6.42 Å². The number of hydrogen-bond donors (Lipinski definition) is 3. The maximum absolute atomic E-state index is 12.5. The molecule has 2 aromatic rings. The molecule has 3 N–H and O–H groups in total. The molecule has 1 fully saturated rings. The van der Waals surface area contributed by atoms with E-state index in [4.69, 9.17) is 0 Å². The van der Waals surface area contributed by atoms with Crippen LogP contribution in [0.15, 0.2) is 54.6 Å². The molecular formula is C24H25NO4. The molecule has 0 radical (unpaired) electrons. The maximum atomic E-state index is 12.5. The molecule has 1 saturated carbocycles. The van der Waals surface area contributed by atoms with Crippen LogP contribution >= 0.6 is 0 Å². The zero-order chi connectivity index (χ0) is 20.7. The van der Waals surface area contributed by atoms with Crippen molar-refractivity contribution in [3.05, 3.63) is 71.3 Å². The first kappa shape index (κ1) is 20.6. The van der Waals surface area contributed by atoms with Crippen LogP contribution in [-0.2, 0) is 11.2 Å². The van der Waals surface area contributed by atoms with Gasteiger partial charge in [-0.05, 0) is 55.5 Å². The van der Waals surface area contributed by atoms with Gasteiger partial charge in [0.25, 0.3) is 5.91 Å². The molecule has 29 heavy (non-hydrogen) atoms. The van der Waals surface area contributed by atoms with Crippen LogP contribution in [-0.4, -0.2) is 33.7 Å². The third kappa shape index (κ3) is 5.94. The number of aliphatic hydroxyl groups is 1. The normalized spacial score (nSPS) is 16.2. The highest BCUT2D eigenvalue weighted by molar-refractivity contribution is 5.96. The van der Waals surface area contributed by atoms with Gasteiger partial charge in [-0.1, -0.05) is 48.6 Å². The number of hydrogen-bond acceptors (Lipinski definition) is 3. The molecular weight excluding hydrogens is 366 g/mol. The van der Waals surface area contributed by atoms with E-state index in [0.717, 1.165) is 24.8 Å². The van der Waals surface area contributed by atoms with Crippen LogP contribution in [0.3, 0.4) is 0 Å². The van der Waals surface area contributed by atoms with Crippen LogP contribution in [0, 0.1) is 11.8 Å². The molecule has 0 aromatic heterocycles. The molecule has 5 nitrogen and oxygen atoms in total. The van der Waals surface area contributed by atoms with Crippen molar-refractivity contribution >= 4 is 11.9 Å². The van der Waals surface area contributed by atoms with Gasteiger partial charge in [0.15, 0.2) is 0 Å². The summed E-state index contributed by atoms with van der Waals surface area (Å²) in [5.74, 6) is 4.43. The van der Waals surface area contributed by atoms with Crippen molar-refractivity contribution in [3.63, 3.8) is 0 Å². The highest BCUT2D eigenvalue weighted by Gasteiger charge is 2.26. The van der Waals surface area contributed by atoms with Crippen molar-refractivity contribution in [3.8, 4) is 11.8 Å². The summed E-state index contributed by atoms with van der Waals surface area (Å²) in [6, 6.07) is 14.8. The van der Waals surface area contributed by atoms with Crippen LogP contribution < -0.4 is 5.32 Å². The highest BCUT2D eigenvalue weighted by Crippen LogP contribution is 2.27. The van der Waals surface area contributed by atoms with E-state index in [9.17, 15) is 19.8 Å². The smallest absolute Gasteiger partial charge is 0.326 e. The minimum atomic E-state index is -1.08. The van der Waals surface area contributed by atoms with E-state index in [0.29, 0.717) is 24.0 Å². The van der Waals surface area contributed by atoms with Gasteiger partial charge in [0.05, 0.1) is 0 Å². The van der Waals surface area contributed by atoms with E-state index >= 15 is 0 Å². The van der Waals surface area contributed by atoms with Gasteiger partial charge in [-0.3, -0.25) is 4.79 Å². The number of carboxylic acid groups (broad SMARTS) is 1. The number of rotatable bonds is 5. The average Bonchev–Trinajstić information content (AvgIpc) is 2.73. The summed E-state index contributed by atoms with van der Waals surface area (Å²) < 4.78 is 0. The number of amides is 1. The number of carbonyl (C=O) groups is 2. The van der Waals surface area contributed by atoms with Crippen molar-refractivity contribution in [2.24, 2.45) is 0 Å². The van der Waals surface area contributed by atoms with E-state index in [2.05, 4.69) is 17.2 Å². The predicted molar refractivity (Wildman–Crippen MR) is 110 cm³/mol. The van der Waals surface area contributed by atoms with Gasteiger partial charge in [0.2, 0.25) is 0 Å². The largest absolute Gasteiger partial charge is 0.480 e. The Morgan fingerprint density at radius 3 is 2.28 bits per heavy atom. The molecule has 2 aromatic carbocycles. The van der Waals surface area contributed by atoms with Gasteiger partial charge in [0.1, 0.15) is 11.6 Å². The number of benzene rings is 2. The Morgan fingerprint density at radius 1 is 1.00 bits per heavy atom. The topological polar surface area (TPSA) is 86.6 Å². The van der Waals surface area contributed by atoms with Gasteiger partial charge in [-0.25, -0.2) is 4.79 Å². The lowest BCUT2D eigenvalue weighted by molar-refractivity contribution is -0.139. The minimum Gasteiger partial charge on any atom is -0.480 e. The van der Waals surface area contributed by atoms with Gasteiger partial charge >= 0.3 is 5.97 Å². The predicted octanol–water partition coefficient (Wildman–Crippen LogP) is 3.16. The van der Waals surface area contributed by atoms with Crippen molar-refractivity contribution in [2.45, 2.75) is 50.2 Å². The Kier molecular flexibility index (Phi) is 6.69. The first-order valence-electron chi connectivity index (χ1n) is 9.88. The Bertz CT molecular complexity index is 903. The molecule has 3 rings (SSSR count). The maximum Gasteiger partial charge on any atom is 0.326 e. The first-order chi connectivity index (χ1) is 14.0. The summed E-state index contributed by atoms with van der Waals surface area (Å²) in [5, 5.41) is 22.5. The molecule has 1 atom stereocenters. The molecule has 1 aliphatic rings. The summed E-state index contributed by atoms with van der Waals surface area (Å²) in [6.07, 6.45) is 4.70. The monoisotopic (exact) mass is 391 g/mol. The van der Waals surface area contributed by atoms with E-state index in [1.165, 1.54) is 0 Å². The molecule has 0 saturated heterocycles. The molecule has 0 bridgehead atoms. The summed E-state index contributed by atoms with van der Waals surface area (Å²) in [5.41, 5.74) is 0.998. The van der Waals surface area contributed by atoms with Gasteiger partial charge in [-0.15, -0.1) is 0 Å². The fourth-order valence-corrected chi connectivity index (χ4v) is 3.45. The Hall–Kier alpha value is -3.10. The summed E-state index contributed by atoms with van der Waals surface area (Å²) in [6.45, 7) is 0. The standard InChI is InChI=1S/C24H25NO4/c26-22(25-21(23(27)28)17-19-7-3-1-4-8-19)20-11-9-18(10-12-20)13-16-24(29)14-5-2-6-15-24/h1,3-4,7-12,21,29H,2,5-6,14-15,17H2,(H,25,26)(H,27,28). The lowest BCUT2D eigenvalue weighted by Gasteiger charge is -2.26. The lowest BCUT2D eigenvalue weighted by Crippen LogP contribution is -2.42. The number of carbonyl (C=O) groups excluding carboxylic acids is 1. The van der Waals surface area contributed by atoms with Crippen molar-refractivity contribution in [1.29, 1.82) is 0 Å². The van der Waals surface area contributed by atoms with Crippen LogP contribution in [0.2, 0.25) is 0 Å². The van der Waals surface area contributed by atoms with Gasteiger partial charge in [-0.2, -0.15) is 0 Å². The molecule has 1 aliphatic carbocycles. The molecule has 0 aliphatic heterocycles. The second-order valence-corrected chi connectivity index (χ2v) is 7.47. The molecule has 5 heteroatoms. The zero-order valence-electron chi connectivity index (χ0n) is 16.2. The van der Waals surface area contributed by atoms with E-state index in [1.807, 2.05) is 30.3 Å². The number of aliphatic carboxylic acids is 1. The van der Waals surface area contributed by atoms with E-state index in [1.54, 1.807) is 24.3 Å². The van der Waals surface area contributed by atoms with Gasteiger partial charge in [0, 0.05) is 17.5 Å². The fourth-order valence-electron chi connectivity index (χ4n) is 3.45. The second-order valence-electron chi connectivity index (χ2n) is 7.47. The highest BCUT2D eigenvalue weighted by atomic mass is 16.4. The summed E-state index contributed by atoms with van der Waals surface area (Å²) in [4.78, 5) is 24.0. The first-order valence-corrected chi connectivity index (χ1v) is 9.88. The zero-order valence-corrected chi connectivity index (χ0v) is 16.2. The Balaban J connectivity index is 1.64. The molecule has 0 spiro atoms. The van der Waals surface area contributed by atoms with Crippen LogP contribution in [0.4, 0.5) is 0 Å².